The van der Waals surface area contributed by atoms with Gasteiger partial charge in [-0.2, -0.15) is 0 Å². The summed E-state index contributed by atoms with van der Waals surface area (Å²) in [7, 11) is 0. The highest BCUT2D eigenvalue weighted by Crippen LogP contribution is 2.23. The van der Waals surface area contributed by atoms with Crippen LogP contribution in [0.2, 0.25) is 0 Å². The Hall–Kier alpha value is -2.28. The Balaban J connectivity index is 2.52. The second-order valence-electron chi connectivity index (χ2n) is 4.29. The van der Waals surface area contributed by atoms with Gasteiger partial charge in [-0.3, -0.25) is 4.79 Å². The minimum atomic E-state index is -0.161. The molecule has 116 valence electrons. The number of benzene rings is 1. The zero-order valence-corrected chi connectivity index (χ0v) is 12.0. The van der Waals surface area contributed by atoms with Crippen LogP contribution in [0, 0.1) is 0 Å². The molecule has 0 aromatic heterocycles. The van der Waals surface area contributed by atoms with E-state index in [-0.39, 0.29) is 24.8 Å². The molecule has 0 atom stereocenters. The van der Waals surface area contributed by atoms with E-state index in [1.165, 1.54) is 0 Å². The Morgan fingerprint density at radius 2 is 2.14 bits per heavy atom. The van der Waals surface area contributed by atoms with Crippen molar-refractivity contribution in [2.75, 3.05) is 25.1 Å². The maximum atomic E-state index is 11.8. The molecule has 7 heteroatoms. The summed E-state index contributed by atoms with van der Waals surface area (Å²) < 4.78 is 10.6. The Morgan fingerprint density at radius 1 is 1.38 bits per heavy atom. The number of ether oxygens (including phenoxy) is 2. The van der Waals surface area contributed by atoms with E-state index in [9.17, 15) is 4.79 Å². The van der Waals surface area contributed by atoms with Crippen LogP contribution >= 0.6 is 0 Å². The van der Waals surface area contributed by atoms with Crippen LogP contribution in [0.5, 0.6) is 5.75 Å². The van der Waals surface area contributed by atoms with Crippen LogP contribution in [0.3, 0.4) is 0 Å². The highest BCUT2D eigenvalue weighted by molar-refractivity contribution is 5.92. The minimum Gasteiger partial charge on any atom is -0.483 e. The predicted molar refractivity (Wildman–Crippen MR) is 79.7 cm³/mol. The topological polar surface area (TPSA) is 106 Å². The second-order valence-corrected chi connectivity index (χ2v) is 4.29. The van der Waals surface area contributed by atoms with Gasteiger partial charge in [0, 0.05) is 6.61 Å². The lowest BCUT2D eigenvalue weighted by molar-refractivity contribution is -0.117. The minimum absolute atomic E-state index is 0.0518. The van der Waals surface area contributed by atoms with Gasteiger partial charge in [-0.25, -0.2) is 0 Å². The molecule has 0 saturated heterocycles. The average Bonchev–Trinajstić information content (AvgIpc) is 2.50. The van der Waals surface area contributed by atoms with Gasteiger partial charge in [0.25, 0.3) is 0 Å². The lowest BCUT2D eigenvalue weighted by Gasteiger charge is -2.12. The van der Waals surface area contributed by atoms with E-state index in [1.54, 1.807) is 24.3 Å². The third-order valence-electron chi connectivity index (χ3n) is 2.49. The Labute approximate surface area is 123 Å². The Kier molecular flexibility index (Phi) is 7.67. The van der Waals surface area contributed by atoms with Gasteiger partial charge < -0.3 is 25.7 Å². The fraction of sp³-hybridized carbons (Fsp3) is 0.429. The first-order valence-electron chi connectivity index (χ1n) is 6.73. The van der Waals surface area contributed by atoms with E-state index in [2.05, 4.69) is 10.5 Å². The van der Waals surface area contributed by atoms with Crippen molar-refractivity contribution in [3.63, 3.8) is 0 Å². The van der Waals surface area contributed by atoms with Gasteiger partial charge in [0.2, 0.25) is 5.91 Å². The number of nitrogens with zero attached hydrogens (tertiary/aromatic N) is 1. The number of carbonyl (C=O) groups excluding carboxylic acids is 1. The van der Waals surface area contributed by atoms with Gasteiger partial charge >= 0.3 is 0 Å². The average molecular weight is 295 g/mol. The first-order chi connectivity index (χ1) is 10.2. The molecule has 0 radical (unpaired) electrons. The van der Waals surface area contributed by atoms with Gasteiger partial charge in [-0.05, 0) is 18.6 Å². The summed E-state index contributed by atoms with van der Waals surface area (Å²) in [5.74, 6) is 0.238. The number of amides is 1. The number of carbonyl (C=O) groups is 1. The molecular weight excluding hydrogens is 274 g/mol. The number of anilines is 1. The number of para-hydroxylation sites is 2. The van der Waals surface area contributed by atoms with Crippen molar-refractivity contribution in [1.82, 2.24) is 0 Å². The van der Waals surface area contributed by atoms with Gasteiger partial charge in [-0.1, -0.05) is 24.2 Å². The van der Waals surface area contributed by atoms with Crippen LogP contribution in [-0.4, -0.2) is 36.8 Å². The summed E-state index contributed by atoms with van der Waals surface area (Å²) in [6, 6.07) is 6.95. The lowest BCUT2D eigenvalue weighted by atomic mass is 10.3. The zero-order chi connectivity index (χ0) is 15.5. The van der Waals surface area contributed by atoms with Gasteiger partial charge in [0.05, 0.1) is 18.7 Å². The van der Waals surface area contributed by atoms with Gasteiger partial charge in [0.1, 0.15) is 12.4 Å². The van der Waals surface area contributed by atoms with Crippen LogP contribution in [0.15, 0.2) is 29.4 Å². The summed E-state index contributed by atoms with van der Waals surface area (Å²) in [4.78, 5) is 11.8. The van der Waals surface area contributed by atoms with Crippen LogP contribution in [0.4, 0.5) is 5.69 Å². The van der Waals surface area contributed by atoms with E-state index in [4.69, 9.17) is 20.4 Å². The number of nitrogens with one attached hydrogen (secondary N) is 1. The number of nitrogens with two attached hydrogens (primary N) is 1. The molecule has 0 aliphatic heterocycles. The molecule has 4 N–H and O–H groups in total. The van der Waals surface area contributed by atoms with Crippen molar-refractivity contribution >= 4 is 17.4 Å². The molecule has 0 saturated carbocycles. The van der Waals surface area contributed by atoms with Crippen molar-refractivity contribution in [2.45, 2.75) is 19.8 Å². The number of rotatable bonds is 9. The maximum Gasteiger partial charge on any atom is 0.226 e. The van der Waals surface area contributed by atoms with Crippen molar-refractivity contribution in [2.24, 2.45) is 10.9 Å². The molecule has 0 unspecified atom stereocenters. The predicted octanol–water partition coefficient (Wildman–Crippen LogP) is 1.57. The number of hydrogen-bond donors (Lipinski definition) is 3. The highest BCUT2D eigenvalue weighted by Gasteiger charge is 2.08. The quantitative estimate of drug-likeness (QED) is 0.211. The summed E-state index contributed by atoms with van der Waals surface area (Å²) in [6.45, 7) is 2.97. The first-order valence-corrected chi connectivity index (χ1v) is 6.73. The van der Waals surface area contributed by atoms with Crippen molar-refractivity contribution in [1.29, 1.82) is 0 Å². The van der Waals surface area contributed by atoms with E-state index >= 15 is 0 Å². The third kappa shape index (κ3) is 6.62. The molecule has 1 aromatic carbocycles. The molecule has 7 nitrogen and oxygen atoms in total. The molecule has 0 spiro atoms. The lowest BCUT2D eigenvalue weighted by Crippen LogP contribution is -2.21. The fourth-order valence-corrected chi connectivity index (χ4v) is 1.50. The third-order valence-corrected chi connectivity index (χ3v) is 2.49. The summed E-state index contributed by atoms with van der Waals surface area (Å²) in [6.07, 6.45) is 1.20. The van der Waals surface area contributed by atoms with Gasteiger partial charge in [-0.15, -0.1) is 0 Å². The molecule has 1 aromatic rings. The van der Waals surface area contributed by atoms with E-state index in [0.717, 1.165) is 6.42 Å². The molecule has 21 heavy (non-hydrogen) atoms. The Bertz CT molecular complexity index is 477. The van der Waals surface area contributed by atoms with Crippen molar-refractivity contribution in [3.05, 3.63) is 24.3 Å². The molecule has 0 fully saturated rings. The standard InChI is InChI=1S/C14H21N3O4/c1-2-8-20-9-7-14(18)16-11-5-3-4-6-12(11)21-10-13(15)17-19/h3-6,19H,2,7-10H2,1H3,(H2,15,17)(H,16,18). The smallest absolute Gasteiger partial charge is 0.226 e. The summed E-state index contributed by atoms with van der Waals surface area (Å²) in [5, 5.41) is 14.0. The number of amidine groups is 1. The summed E-state index contributed by atoms with van der Waals surface area (Å²) in [5.41, 5.74) is 5.87. The highest BCUT2D eigenvalue weighted by atomic mass is 16.5. The van der Waals surface area contributed by atoms with E-state index in [1.807, 2.05) is 6.92 Å². The Morgan fingerprint density at radius 3 is 2.86 bits per heavy atom. The maximum absolute atomic E-state index is 11.8. The molecule has 1 amide bonds. The van der Waals surface area contributed by atoms with Crippen molar-refractivity contribution < 1.29 is 19.5 Å². The largest absolute Gasteiger partial charge is 0.483 e. The molecule has 0 aliphatic rings. The van der Waals surface area contributed by atoms with Crippen LogP contribution < -0.4 is 15.8 Å². The monoisotopic (exact) mass is 295 g/mol. The molecule has 1 rings (SSSR count). The normalized spacial score (nSPS) is 11.2. The fourth-order valence-electron chi connectivity index (χ4n) is 1.50. The second kappa shape index (κ2) is 9.60. The SMILES string of the molecule is CCCOCCC(=O)Nc1ccccc1OCC(N)=NO. The number of hydrogen-bond acceptors (Lipinski definition) is 5. The first kappa shape index (κ1) is 16.8. The molecule has 0 bridgehead atoms. The van der Waals surface area contributed by atoms with Crippen LogP contribution in [0.1, 0.15) is 19.8 Å². The number of oxime groups is 1. The van der Waals surface area contributed by atoms with Crippen LogP contribution in [0.25, 0.3) is 0 Å². The van der Waals surface area contributed by atoms with Gasteiger partial charge in [0.15, 0.2) is 5.84 Å². The molecule has 0 heterocycles. The van der Waals surface area contributed by atoms with Crippen LogP contribution in [-0.2, 0) is 9.53 Å². The zero-order valence-electron chi connectivity index (χ0n) is 12.0. The van der Waals surface area contributed by atoms with E-state index < -0.39 is 0 Å². The molecule has 0 aliphatic carbocycles. The van der Waals surface area contributed by atoms with E-state index in [0.29, 0.717) is 24.7 Å². The summed E-state index contributed by atoms with van der Waals surface area (Å²) >= 11 is 0. The van der Waals surface area contributed by atoms with Crippen molar-refractivity contribution in [3.8, 4) is 5.75 Å². The molecular formula is C14H21N3O4.